The molecule has 0 spiro atoms. The number of hydrogen-bond donors (Lipinski definition) is 1. The number of rotatable bonds is 5. The van der Waals surface area contributed by atoms with Gasteiger partial charge >= 0.3 is 0 Å². The highest BCUT2D eigenvalue weighted by molar-refractivity contribution is 8.01. The summed E-state index contributed by atoms with van der Waals surface area (Å²) < 4.78 is 0.972. The van der Waals surface area contributed by atoms with Crippen LogP contribution in [-0.2, 0) is 6.54 Å². The molecular weight excluding hydrogens is 264 g/mol. The minimum absolute atomic E-state index is 0.897. The highest BCUT2D eigenvalue weighted by atomic mass is 32.2. The van der Waals surface area contributed by atoms with Gasteiger partial charge in [0, 0.05) is 25.5 Å². The van der Waals surface area contributed by atoms with Gasteiger partial charge in [0.25, 0.3) is 0 Å². The monoisotopic (exact) mass is 280 g/mol. The molecule has 0 aliphatic rings. The van der Waals surface area contributed by atoms with E-state index in [4.69, 9.17) is 0 Å². The van der Waals surface area contributed by atoms with E-state index in [1.54, 1.807) is 23.1 Å². The summed E-state index contributed by atoms with van der Waals surface area (Å²) in [5.41, 5.74) is 1.29. The number of nitrogens with zero attached hydrogens (tertiary/aromatic N) is 3. The third-order valence-electron chi connectivity index (χ3n) is 2.29. The molecule has 0 saturated carbocycles. The molecule has 0 fully saturated rings. The number of benzene rings is 1. The number of anilines is 1. The quantitative estimate of drug-likeness (QED) is 0.911. The van der Waals surface area contributed by atoms with Crippen LogP contribution in [0.25, 0.3) is 0 Å². The summed E-state index contributed by atoms with van der Waals surface area (Å²) in [6, 6.07) is 8.50. The Balaban J connectivity index is 2.03. The first-order valence-electron chi connectivity index (χ1n) is 5.61. The fourth-order valence-electron chi connectivity index (χ4n) is 1.40. The zero-order valence-electron chi connectivity index (χ0n) is 10.7. The molecule has 4 nitrogen and oxygen atoms in total. The van der Waals surface area contributed by atoms with E-state index in [2.05, 4.69) is 39.8 Å². The topological polar surface area (TPSA) is 41.1 Å². The van der Waals surface area contributed by atoms with Crippen molar-refractivity contribution in [2.75, 3.05) is 26.0 Å². The third-order valence-corrected chi connectivity index (χ3v) is 4.44. The van der Waals surface area contributed by atoms with Crippen molar-refractivity contribution in [3.8, 4) is 0 Å². The first kappa shape index (κ1) is 13.3. The van der Waals surface area contributed by atoms with Gasteiger partial charge in [0.2, 0.25) is 5.13 Å². The molecule has 1 aromatic carbocycles. The van der Waals surface area contributed by atoms with E-state index in [9.17, 15) is 0 Å². The Bertz CT molecular complexity index is 493. The first-order valence-corrected chi connectivity index (χ1v) is 7.24. The van der Waals surface area contributed by atoms with E-state index in [0.717, 1.165) is 16.0 Å². The summed E-state index contributed by atoms with van der Waals surface area (Å²) in [5, 5.41) is 12.4. The zero-order chi connectivity index (χ0) is 13.0. The van der Waals surface area contributed by atoms with E-state index in [-0.39, 0.29) is 0 Å². The minimum Gasteiger partial charge on any atom is -0.353 e. The van der Waals surface area contributed by atoms with Gasteiger partial charge in [-0.25, -0.2) is 0 Å². The Kier molecular flexibility index (Phi) is 4.57. The maximum atomic E-state index is 4.17. The predicted molar refractivity (Wildman–Crippen MR) is 77.6 cm³/mol. The normalized spacial score (nSPS) is 10.6. The SMILES string of the molecule is CNCc1ccc(Sc2nnc(N(C)C)s2)cc1. The molecule has 2 rings (SSSR count). The molecule has 96 valence electrons. The molecule has 1 aromatic heterocycles. The number of hydrogen-bond acceptors (Lipinski definition) is 6. The van der Waals surface area contributed by atoms with Gasteiger partial charge in [-0.05, 0) is 24.7 Å². The summed E-state index contributed by atoms with van der Waals surface area (Å²) in [5.74, 6) is 0. The van der Waals surface area contributed by atoms with Crippen molar-refractivity contribution in [2.24, 2.45) is 0 Å². The van der Waals surface area contributed by atoms with Crippen LogP contribution in [0.4, 0.5) is 5.13 Å². The standard InChI is InChI=1S/C12H16N4S2/c1-13-8-9-4-6-10(7-5-9)17-12-15-14-11(18-12)16(2)3/h4-7,13H,8H2,1-3H3. The van der Waals surface area contributed by atoms with Crippen molar-refractivity contribution in [3.05, 3.63) is 29.8 Å². The van der Waals surface area contributed by atoms with Crippen LogP contribution in [0.1, 0.15) is 5.56 Å². The molecule has 1 N–H and O–H groups in total. The van der Waals surface area contributed by atoms with Gasteiger partial charge in [0.1, 0.15) is 0 Å². The highest BCUT2D eigenvalue weighted by Crippen LogP contribution is 2.32. The Labute approximate surface area is 115 Å². The van der Waals surface area contributed by atoms with Gasteiger partial charge < -0.3 is 10.2 Å². The Morgan fingerprint density at radius 1 is 1.22 bits per heavy atom. The molecule has 0 bridgehead atoms. The van der Waals surface area contributed by atoms with Crippen LogP contribution in [-0.4, -0.2) is 31.3 Å². The lowest BCUT2D eigenvalue weighted by Gasteiger charge is -2.04. The predicted octanol–water partition coefficient (Wildman–Crippen LogP) is 2.47. The van der Waals surface area contributed by atoms with Crippen molar-refractivity contribution in [1.82, 2.24) is 15.5 Å². The molecule has 0 atom stereocenters. The number of nitrogens with one attached hydrogen (secondary N) is 1. The van der Waals surface area contributed by atoms with E-state index >= 15 is 0 Å². The molecule has 18 heavy (non-hydrogen) atoms. The van der Waals surface area contributed by atoms with Crippen LogP contribution in [0.3, 0.4) is 0 Å². The van der Waals surface area contributed by atoms with E-state index in [0.29, 0.717) is 0 Å². The Hall–Kier alpha value is -1.11. The summed E-state index contributed by atoms with van der Waals surface area (Å²) in [4.78, 5) is 3.16. The zero-order valence-corrected chi connectivity index (χ0v) is 12.3. The smallest absolute Gasteiger partial charge is 0.208 e. The summed E-state index contributed by atoms with van der Waals surface area (Å²) in [7, 11) is 5.90. The summed E-state index contributed by atoms with van der Waals surface area (Å²) >= 11 is 3.26. The second-order valence-electron chi connectivity index (χ2n) is 4.02. The van der Waals surface area contributed by atoms with Crippen molar-refractivity contribution in [3.63, 3.8) is 0 Å². The first-order chi connectivity index (χ1) is 8.69. The molecule has 0 unspecified atom stereocenters. The van der Waals surface area contributed by atoms with Gasteiger partial charge in [0.15, 0.2) is 4.34 Å². The van der Waals surface area contributed by atoms with Crippen LogP contribution >= 0.6 is 23.1 Å². The number of aromatic nitrogens is 2. The molecule has 0 amide bonds. The fraction of sp³-hybridized carbons (Fsp3) is 0.333. The van der Waals surface area contributed by atoms with Crippen molar-refractivity contribution in [1.29, 1.82) is 0 Å². The minimum atomic E-state index is 0.897. The second-order valence-corrected chi connectivity index (χ2v) is 6.30. The average Bonchev–Trinajstić information content (AvgIpc) is 2.81. The maximum Gasteiger partial charge on any atom is 0.208 e. The van der Waals surface area contributed by atoms with Crippen molar-refractivity contribution < 1.29 is 0 Å². The molecule has 2 aromatic rings. The second kappa shape index (κ2) is 6.17. The van der Waals surface area contributed by atoms with Crippen LogP contribution in [0.2, 0.25) is 0 Å². The molecule has 1 heterocycles. The highest BCUT2D eigenvalue weighted by Gasteiger charge is 2.07. The molecule has 0 aliphatic carbocycles. The van der Waals surface area contributed by atoms with Gasteiger partial charge in [-0.2, -0.15) is 0 Å². The van der Waals surface area contributed by atoms with Crippen molar-refractivity contribution in [2.45, 2.75) is 15.8 Å². The van der Waals surface area contributed by atoms with Crippen molar-refractivity contribution >= 4 is 28.2 Å². The average molecular weight is 280 g/mol. The Morgan fingerprint density at radius 2 is 1.94 bits per heavy atom. The molecule has 0 radical (unpaired) electrons. The van der Waals surface area contributed by atoms with Gasteiger partial charge in [-0.3, -0.25) is 0 Å². The maximum absolute atomic E-state index is 4.17. The van der Waals surface area contributed by atoms with E-state index < -0.39 is 0 Å². The van der Waals surface area contributed by atoms with E-state index in [1.165, 1.54) is 10.5 Å². The van der Waals surface area contributed by atoms with E-state index in [1.807, 2.05) is 26.0 Å². The van der Waals surface area contributed by atoms with Crippen LogP contribution < -0.4 is 10.2 Å². The molecule has 6 heteroatoms. The van der Waals surface area contributed by atoms with Crippen LogP contribution in [0.15, 0.2) is 33.5 Å². The molecule has 0 saturated heterocycles. The molecule has 0 aliphatic heterocycles. The lowest BCUT2D eigenvalue weighted by molar-refractivity contribution is 0.817. The lowest BCUT2D eigenvalue weighted by atomic mass is 10.2. The third kappa shape index (κ3) is 3.44. The van der Waals surface area contributed by atoms with Crippen LogP contribution in [0.5, 0.6) is 0 Å². The van der Waals surface area contributed by atoms with Gasteiger partial charge in [0.05, 0.1) is 0 Å². The molecular formula is C12H16N4S2. The largest absolute Gasteiger partial charge is 0.353 e. The summed E-state index contributed by atoms with van der Waals surface area (Å²) in [6.07, 6.45) is 0. The van der Waals surface area contributed by atoms with Crippen LogP contribution in [0, 0.1) is 0 Å². The lowest BCUT2D eigenvalue weighted by Crippen LogP contribution is -2.07. The van der Waals surface area contributed by atoms with Gasteiger partial charge in [-0.15, -0.1) is 10.2 Å². The Morgan fingerprint density at radius 3 is 2.50 bits per heavy atom. The van der Waals surface area contributed by atoms with Gasteiger partial charge in [-0.1, -0.05) is 35.2 Å². The summed E-state index contributed by atoms with van der Waals surface area (Å²) in [6.45, 7) is 0.897. The fourth-order valence-corrected chi connectivity index (χ4v) is 3.14.